The van der Waals surface area contributed by atoms with Gasteiger partial charge >= 0.3 is 0 Å². The van der Waals surface area contributed by atoms with Gasteiger partial charge in [-0.05, 0) is 23.3 Å². The number of fused-ring (bicyclic) bond motifs is 1. The van der Waals surface area contributed by atoms with E-state index in [-0.39, 0.29) is 4.95 Å². The molecule has 0 bridgehead atoms. The summed E-state index contributed by atoms with van der Waals surface area (Å²) < 4.78 is 10.6. The van der Waals surface area contributed by atoms with E-state index in [1.54, 1.807) is 14.2 Å². The minimum atomic E-state index is -0.0272. The number of nitriles is 1. The number of allylic oxidation sites excluding steroid dienone is 2. The molecule has 2 rings (SSSR count). The van der Waals surface area contributed by atoms with Crippen LogP contribution in [0, 0.1) is 11.3 Å². The van der Waals surface area contributed by atoms with Gasteiger partial charge in [0.15, 0.2) is 11.5 Å². The van der Waals surface area contributed by atoms with Gasteiger partial charge in [-0.3, -0.25) is 0 Å². The third-order valence-corrected chi connectivity index (χ3v) is 3.57. The van der Waals surface area contributed by atoms with Crippen LogP contribution < -0.4 is 14.8 Å². The zero-order valence-electron chi connectivity index (χ0n) is 10.2. The molecule has 1 aliphatic heterocycles. The molecule has 1 heterocycles. The van der Waals surface area contributed by atoms with Gasteiger partial charge in [0.25, 0.3) is 0 Å². The third kappa shape index (κ3) is 2.29. The second kappa shape index (κ2) is 5.32. The number of nitrogens with zero attached hydrogens (tertiary/aromatic N) is 1. The Kier molecular flexibility index (Phi) is 3.78. The number of hydrogen-bond donors (Lipinski definition) is 1. The molecule has 0 aliphatic carbocycles. The Balaban J connectivity index is 2.47. The predicted octanol–water partition coefficient (Wildman–Crippen LogP) is 2.65. The second-order valence-electron chi connectivity index (χ2n) is 3.89. The van der Waals surface area contributed by atoms with Gasteiger partial charge in [0.1, 0.15) is 4.95 Å². The lowest BCUT2D eigenvalue weighted by atomic mass is 9.98. The fraction of sp³-hybridized carbons (Fsp3) is 0.308. The lowest BCUT2D eigenvalue weighted by molar-refractivity contribution is 0.353. The maximum Gasteiger partial charge on any atom is 0.161 e. The molecule has 1 unspecified atom stereocenters. The molecular weight excluding hydrogens is 296 g/mol. The minimum absolute atomic E-state index is 0.0272. The highest BCUT2D eigenvalue weighted by Crippen LogP contribution is 2.38. The number of halogens is 1. The van der Waals surface area contributed by atoms with Gasteiger partial charge in [0, 0.05) is 18.2 Å². The van der Waals surface area contributed by atoms with Crippen LogP contribution in [-0.2, 0) is 6.42 Å². The average Bonchev–Trinajstić information content (AvgIpc) is 2.37. The number of methoxy groups -OCH3 is 2. The highest BCUT2D eigenvalue weighted by atomic mass is 79.9. The van der Waals surface area contributed by atoms with Crippen molar-refractivity contribution in [2.24, 2.45) is 0 Å². The minimum Gasteiger partial charge on any atom is -0.493 e. The predicted molar refractivity (Wildman–Crippen MR) is 71.7 cm³/mol. The summed E-state index contributed by atoms with van der Waals surface area (Å²) in [6, 6.07) is 5.94. The Hall–Kier alpha value is -1.67. The van der Waals surface area contributed by atoms with Gasteiger partial charge < -0.3 is 14.8 Å². The summed E-state index contributed by atoms with van der Waals surface area (Å²) in [4.78, 5) is -0.0272. The molecule has 0 amide bonds. The fourth-order valence-corrected chi connectivity index (χ4v) is 2.71. The van der Waals surface area contributed by atoms with Crippen molar-refractivity contribution in [1.82, 2.24) is 5.32 Å². The fourth-order valence-electron chi connectivity index (χ4n) is 1.99. The summed E-state index contributed by atoms with van der Waals surface area (Å²) in [6.45, 7) is 0. The summed E-state index contributed by atoms with van der Waals surface area (Å²) in [5, 5.41) is 11.9. The molecule has 4 nitrogen and oxygen atoms in total. The van der Waals surface area contributed by atoms with E-state index in [4.69, 9.17) is 14.7 Å². The Morgan fingerprint density at radius 1 is 1.39 bits per heavy atom. The van der Waals surface area contributed by atoms with Crippen molar-refractivity contribution in [3.63, 3.8) is 0 Å². The third-order valence-electron chi connectivity index (χ3n) is 2.85. The molecule has 0 spiro atoms. The van der Waals surface area contributed by atoms with Crippen LogP contribution in [-0.4, -0.2) is 14.2 Å². The van der Waals surface area contributed by atoms with Crippen LogP contribution in [0.1, 0.15) is 16.1 Å². The monoisotopic (exact) mass is 308 g/mol. The van der Waals surface area contributed by atoms with E-state index in [0.29, 0.717) is 17.9 Å². The Morgan fingerprint density at radius 2 is 2.06 bits per heavy atom. The lowest BCUT2D eigenvalue weighted by Gasteiger charge is -2.26. The molecule has 0 saturated heterocycles. The second-order valence-corrected chi connectivity index (χ2v) is 4.80. The number of ether oxygens (including phenoxy) is 2. The molecule has 0 aromatic heterocycles. The van der Waals surface area contributed by atoms with Crippen molar-refractivity contribution in [2.75, 3.05) is 14.2 Å². The first kappa shape index (κ1) is 12.8. The molecular formula is C13H13BrN2O2. The molecule has 94 valence electrons. The Labute approximate surface area is 114 Å². The average molecular weight is 309 g/mol. The van der Waals surface area contributed by atoms with Gasteiger partial charge in [0.2, 0.25) is 0 Å². The zero-order valence-corrected chi connectivity index (χ0v) is 11.7. The first-order valence-electron chi connectivity index (χ1n) is 5.43. The zero-order chi connectivity index (χ0) is 13.1. The molecule has 1 atom stereocenters. The van der Waals surface area contributed by atoms with E-state index < -0.39 is 0 Å². The Morgan fingerprint density at radius 3 is 2.67 bits per heavy atom. The number of hydrogen-bond acceptors (Lipinski definition) is 4. The van der Waals surface area contributed by atoms with Crippen molar-refractivity contribution in [3.05, 3.63) is 35.0 Å². The quantitative estimate of drug-likeness (QED) is 0.518. The van der Waals surface area contributed by atoms with Crippen LogP contribution in [0.3, 0.4) is 0 Å². The topological polar surface area (TPSA) is 54.3 Å². The van der Waals surface area contributed by atoms with Crippen LogP contribution in [0.15, 0.2) is 23.9 Å². The number of benzene rings is 1. The number of nitrogens with one attached hydrogen (secondary N) is 1. The van der Waals surface area contributed by atoms with Crippen LogP contribution in [0.25, 0.3) is 0 Å². The van der Waals surface area contributed by atoms with Gasteiger partial charge in [-0.25, -0.2) is 0 Å². The van der Waals surface area contributed by atoms with E-state index in [1.165, 1.54) is 6.08 Å². The normalized spacial score (nSPS) is 19.7. The van der Waals surface area contributed by atoms with E-state index in [0.717, 1.165) is 16.8 Å². The molecule has 1 aromatic rings. The summed E-state index contributed by atoms with van der Waals surface area (Å²) in [7, 11) is 3.23. The summed E-state index contributed by atoms with van der Waals surface area (Å²) in [6.07, 6.45) is 2.21. The molecule has 18 heavy (non-hydrogen) atoms. The SMILES string of the molecule is COc1cc2c(cc1OC)C(Br)NC(=CC#N)C2. The largest absolute Gasteiger partial charge is 0.493 e. The van der Waals surface area contributed by atoms with E-state index in [2.05, 4.69) is 21.2 Å². The summed E-state index contributed by atoms with van der Waals surface area (Å²) in [5.74, 6) is 1.41. The van der Waals surface area contributed by atoms with Crippen molar-refractivity contribution in [1.29, 1.82) is 5.26 Å². The molecule has 0 saturated carbocycles. The van der Waals surface area contributed by atoms with E-state index >= 15 is 0 Å². The first-order valence-corrected chi connectivity index (χ1v) is 6.35. The molecule has 0 radical (unpaired) electrons. The maximum absolute atomic E-state index is 8.71. The van der Waals surface area contributed by atoms with Crippen molar-refractivity contribution in [3.8, 4) is 17.6 Å². The first-order chi connectivity index (χ1) is 8.69. The summed E-state index contributed by atoms with van der Waals surface area (Å²) in [5.41, 5.74) is 3.11. The van der Waals surface area contributed by atoms with Crippen molar-refractivity contribution >= 4 is 15.9 Å². The van der Waals surface area contributed by atoms with E-state index in [1.807, 2.05) is 18.2 Å². The van der Waals surface area contributed by atoms with Crippen LogP contribution in [0.2, 0.25) is 0 Å². The Bertz CT molecular complexity index is 535. The van der Waals surface area contributed by atoms with Gasteiger partial charge in [0.05, 0.1) is 20.3 Å². The molecule has 1 aliphatic rings. The number of alkyl halides is 1. The van der Waals surface area contributed by atoms with Gasteiger partial charge in [-0.2, -0.15) is 5.26 Å². The van der Waals surface area contributed by atoms with Gasteiger partial charge in [-0.1, -0.05) is 15.9 Å². The standard InChI is InChI=1S/C13H13BrN2O2/c1-17-11-6-8-5-9(3-4-15)16-13(14)10(8)7-12(11)18-2/h3,6-7,13,16H,5H2,1-2H3. The molecule has 0 fully saturated rings. The van der Waals surface area contributed by atoms with Gasteiger partial charge in [-0.15, -0.1) is 0 Å². The smallest absolute Gasteiger partial charge is 0.161 e. The van der Waals surface area contributed by atoms with Crippen LogP contribution in [0.5, 0.6) is 11.5 Å². The van der Waals surface area contributed by atoms with Crippen LogP contribution in [0.4, 0.5) is 0 Å². The highest BCUT2D eigenvalue weighted by Gasteiger charge is 2.22. The van der Waals surface area contributed by atoms with Crippen LogP contribution >= 0.6 is 15.9 Å². The van der Waals surface area contributed by atoms with Crippen molar-refractivity contribution in [2.45, 2.75) is 11.4 Å². The molecule has 5 heteroatoms. The summed E-state index contributed by atoms with van der Waals surface area (Å²) >= 11 is 3.55. The van der Waals surface area contributed by atoms with Crippen molar-refractivity contribution < 1.29 is 9.47 Å². The van der Waals surface area contributed by atoms with E-state index in [9.17, 15) is 0 Å². The highest BCUT2D eigenvalue weighted by molar-refractivity contribution is 9.09. The lowest BCUT2D eigenvalue weighted by Crippen LogP contribution is -2.24. The molecule has 1 N–H and O–H groups in total. The molecule has 1 aromatic carbocycles. The maximum atomic E-state index is 8.71. The number of rotatable bonds is 2.